The van der Waals surface area contributed by atoms with Gasteiger partial charge in [-0.2, -0.15) is 0 Å². The molecular weight excluding hydrogens is 292 g/mol. The Balaban J connectivity index is 1.65. The van der Waals surface area contributed by atoms with E-state index in [0.29, 0.717) is 13.2 Å². The highest BCUT2D eigenvalue weighted by Gasteiger charge is 2.29. The largest absolute Gasteiger partial charge is 0.373 e. The number of aryl methyl sites for hydroxylation is 1. The molecule has 1 aromatic heterocycles. The molecule has 1 aliphatic rings. The zero-order valence-corrected chi connectivity index (χ0v) is 13.0. The number of benzene rings is 1. The molecule has 2 atom stereocenters. The first-order chi connectivity index (χ1) is 11.1. The number of hydrogen-bond donors (Lipinski definition) is 2. The van der Waals surface area contributed by atoms with Gasteiger partial charge in [0.25, 0.3) is 11.5 Å². The molecule has 1 amide bonds. The van der Waals surface area contributed by atoms with Gasteiger partial charge in [-0.25, -0.2) is 0 Å². The average Bonchev–Trinajstić information content (AvgIpc) is 3.02. The highest BCUT2D eigenvalue weighted by atomic mass is 16.5. The van der Waals surface area contributed by atoms with E-state index in [4.69, 9.17) is 4.74 Å². The Hall–Kier alpha value is -2.40. The van der Waals surface area contributed by atoms with Crippen LogP contribution >= 0.6 is 0 Å². The number of rotatable bonds is 4. The topological polar surface area (TPSA) is 71.2 Å². The molecule has 2 aromatic rings. The number of ether oxygens (including phenoxy) is 1. The fourth-order valence-corrected chi connectivity index (χ4v) is 2.92. The van der Waals surface area contributed by atoms with Crippen molar-refractivity contribution in [3.05, 3.63) is 69.6 Å². The standard InChI is InChI=1S/C18H20N2O3/c1-12-7-8-15(18(22)20-12)17(21)19-11-14-9-10-23-16(14)13-5-3-2-4-6-13/h2-8,14,16H,9-11H2,1H3,(H,19,21)(H,20,22)/t14-,16-/m1/s1. The van der Waals surface area contributed by atoms with Crippen LogP contribution in [0.25, 0.3) is 0 Å². The van der Waals surface area contributed by atoms with Gasteiger partial charge in [-0.1, -0.05) is 30.3 Å². The number of H-pyrrole nitrogens is 1. The van der Waals surface area contributed by atoms with E-state index in [2.05, 4.69) is 10.3 Å². The zero-order chi connectivity index (χ0) is 16.2. The Morgan fingerprint density at radius 3 is 2.78 bits per heavy atom. The van der Waals surface area contributed by atoms with Gasteiger partial charge in [-0.15, -0.1) is 0 Å². The third-order valence-corrected chi connectivity index (χ3v) is 4.17. The molecule has 2 heterocycles. The summed E-state index contributed by atoms with van der Waals surface area (Å²) >= 11 is 0. The van der Waals surface area contributed by atoms with E-state index in [1.807, 2.05) is 30.3 Å². The molecule has 0 radical (unpaired) electrons. The molecule has 1 saturated heterocycles. The molecule has 23 heavy (non-hydrogen) atoms. The van der Waals surface area contributed by atoms with Crippen molar-refractivity contribution in [1.29, 1.82) is 0 Å². The summed E-state index contributed by atoms with van der Waals surface area (Å²) in [6, 6.07) is 13.3. The smallest absolute Gasteiger partial charge is 0.260 e. The summed E-state index contributed by atoms with van der Waals surface area (Å²) in [6.07, 6.45) is 0.886. The fraction of sp³-hybridized carbons (Fsp3) is 0.333. The number of aromatic nitrogens is 1. The van der Waals surface area contributed by atoms with E-state index < -0.39 is 0 Å². The summed E-state index contributed by atoms with van der Waals surface area (Å²) in [5.74, 6) is -0.129. The molecule has 1 aromatic carbocycles. The number of nitrogens with one attached hydrogen (secondary N) is 2. The maximum atomic E-state index is 12.2. The SMILES string of the molecule is Cc1ccc(C(=O)NC[C@H]2CCO[C@@H]2c2ccccc2)c(=O)[nH]1. The molecule has 2 N–H and O–H groups in total. The van der Waals surface area contributed by atoms with Gasteiger partial charge in [0.15, 0.2) is 0 Å². The number of carbonyl (C=O) groups is 1. The van der Waals surface area contributed by atoms with Crippen molar-refractivity contribution in [3.63, 3.8) is 0 Å². The van der Waals surface area contributed by atoms with Crippen LogP contribution in [0.1, 0.15) is 34.1 Å². The second-order valence-electron chi connectivity index (χ2n) is 5.85. The van der Waals surface area contributed by atoms with E-state index in [1.54, 1.807) is 19.1 Å². The van der Waals surface area contributed by atoms with E-state index in [9.17, 15) is 9.59 Å². The molecule has 0 bridgehead atoms. The molecule has 0 saturated carbocycles. The van der Waals surface area contributed by atoms with Gasteiger partial charge in [-0.3, -0.25) is 9.59 Å². The Morgan fingerprint density at radius 1 is 1.26 bits per heavy atom. The van der Waals surface area contributed by atoms with Crippen LogP contribution in [0.15, 0.2) is 47.3 Å². The monoisotopic (exact) mass is 312 g/mol. The van der Waals surface area contributed by atoms with Crippen molar-refractivity contribution < 1.29 is 9.53 Å². The minimum absolute atomic E-state index is 0.00666. The number of pyridine rings is 1. The van der Waals surface area contributed by atoms with Crippen LogP contribution in [0, 0.1) is 12.8 Å². The van der Waals surface area contributed by atoms with E-state index in [-0.39, 0.29) is 29.1 Å². The minimum Gasteiger partial charge on any atom is -0.373 e. The average molecular weight is 312 g/mol. The molecule has 0 unspecified atom stereocenters. The van der Waals surface area contributed by atoms with Crippen molar-refractivity contribution in [2.24, 2.45) is 5.92 Å². The van der Waals surface area contributed by atoms with Gasteiger partial charge in [-0.05, 0) is 31.0 Å². The van der Waals surface area contributed by atoms with Gasteiger partial charge >= 0.3 is 0 Å². The lowest BCUT2D eigenvalue weighted by molar-refractivity contribution is 0.0845. The molecule has 0 aliphatic carbocycles. The highest BCUT2D eigenvalue weighted by molar-refractivity contribution is 5.93. The molecular formula is C18H20N2O3. The first-order valence-electron chi connectivity index (χ1n) is 7.80. The number of aromatic amines is 1. The normalized spacial score (nSPS) is 20.4. The molecule has 5 nitrogen and oxygen atoms in total. The lowest BCUT2D eigenvalue weighted by Crippen LogP contribution is -2.34. The molecule has 0 spiro atoms. The quantitative estimate of drug-likeness (QED) is 0.909. The number of amides is 1. The summed E-state index contributed by atoms with van der Waals surface area (Å²) in [6.45, 7) is 2.96. The molecule has 1 fully saturated rings. The third kappa shape index (κ3) is 3.51. The highest BCUT2D eigenvalue weighted by Crippen LogP contribution is 2.33. The molecule has 3 rings (SSSR count). The second kappa shape index (κ2) is 6.79. The number of hydrogen-bond acceptors (Lipinski definition) is 3. The first-order valence-corrected chi connectivity index (χ1v) is 7.80. The van der Waals surface area contributed by atoms with Gasteiger partial charge in [0.2, 0.25) is 0 Å². The Morgan fingerprint density at radius 2 is 2.04 bits per heavy atom. The fourth-order valence-electron chi connectivity index (χ4n) is 2.92. The predicted molar refractivity (Wildman–Crippen MR) is 87.4 cm³/mol. The Labute approximate surface area is 134 Å². The summed E-state index contributed by atoms with van der Waals surface area (Å²) in [7, 11) is 0. The predicted octanol–water partition coefficient (Wildman–Crippen LogP) is 2.19. The lowest BCUT2D eigenvalue weighted by atomic mass is 9.95. The van der Waals surface area contributed by atoms with Gasteiger partial charge in [0.05, 0.1) is 6.10 Å². The van der Waals surface area contributed by atoms with Crippen LogP contribution in [-0.4, -0.2) is 24.0 Å². The Bertz CT molecular complexity index is 739. The van der Waals surface area contributed by atoms with Crippen LogP contribution in [0.2, 0.25) is 0 Å². The zero-order valence-electron chi connectivity index (χ0n) is 13.0. The summed E-state index contributed by atoms with van der Waals surface area (Å²) in [5, 5.41) is 2.86. The summed E-state index contributed by atoms with van der Waals surface area (Å²) in [5.41, 5.74) is 1.65. The third-order valence-electron chi connectivity index (χ3n) is 4.17. The summed E-state index contributed by atoms with van der Waals surface area (Å²) < 4.78 is 5.81. The first kappa shape index (κ1) is 15.5. The van der Waals surface area contributed by atoms with Gasteiger partial charge < -0.3 is 15.0 Å². The molecule has 5 heteroatoms. The van der Waals surface area contributed by atoms with Crippen molar-refractivity contribution >= 4 is 5.91 Å². The van der Waals surface area contributed by atoms with Crippen LogP contribution in [0.4, 0.5) is 0 Å². The van der Waals surface area contributed by atoms with Crippen LogP contribution in [0.5, 0.6) is 0 Å². The maximum Gasteiger partial charge on any atom is 0.260 e. The van der Waals surface area contributed by atoms with Crippen molar-refractivity contribution in [2.45, 2.75) is 19.4 Å². The Kier molecular flexibility index (Phi) is 4.57. The van der Waals surface area contributed by atoms with E-state index in [1.165, 1.54) is 0 Å². The lowest BCUT2D eigenvalue weighted by Gasteiger charge is -2.19. The second-order valence-corrected chi connectivity index (χ2v) is 5.85. The maximum absolute atomic E-state index is 12.2. The van der Waals surface area contributed by atoms with Crippen LogP contribution in [0.3, 0.4) is 0 Å². The molecule has 120 valence electrons. The van der Waals surface area contributed by atoms with Gasteiger partial charge in [0, 0.05) is 24.8 Å². The van der Waals surface area contributed by atoms with Gasteiger partial charge in [0.1, 0.15) is 5.56 Å². The van der Waals surface area contributed by atoms with Crippen LogP contribution < -0.4 is 10.9 Å². The number of carbonyl (C=O) groups excluding carboxylic acids is 1. The summed E-state index contributed by atoms with van der Waals surface area (Å²) in [4.78, 5) is 26.7. The molecule has 1 aliphatic heterocycles. The van der Waals surface area contributed by atoms with Crippen molar-refractivity contribution in [2.75, 3.05) is 13.2 Å². The minimum atomic E-state index is -0.357. The van der Waals surface area contributed by atoms with Crippen molar-refractivity contribution in [3.8, 4) is 0 Å². The van der Waals surface area contributed by atoms with Crippen LogP contribution in [-0.2, 0) is 4.74 Å². The van der Waals surface area contributed by atoms with E-state index >= 15 is 0 Å². The van der Waals surface area contributed by atoms with E-state index in [0.717, 1.165) is 17.7 Å². The van der Waals surface area contributed by atoms with Crippen molar-refractivity contribution in [1.82, 2.24) is 10.3 Å².